The molecular formula is C13H14N6O2. The quantitative estimate of drug-likeness (QED) is 0.838. The maximum atomic E-state index is 12.1. The minimum Gasteiger partial charge on any atom is -0.319 e. The van der Waals surface area contributed by atoms with Crippen LogP contribution in [-0.4, -0.2) is 32.3 Å². The molecule has 0 spiro atoms. The largest absolute Gasteiger partial charge is 0.319 e. The summed E-state index contributed by atoms with van der Waals surface area (Å²) in [7, 11) is 1.82. The molecule has 0 bridgehead atoms. The summed E-state index contributed by atoms with van der Waals surface area (Å²) in [4.78, 5) is 27.4. The number of carbonyl (C=O) groups excluding carboxylic acids is 2. The van der Waals surface area contributed by atoms with E-state index >= 15 is 0 Å². The zero-order valence-corrected chi connectivity index (χ0v) is 11.7. The molecule has 3 heterocycles. The second kappa shape index (κ2) is 4.97. The average molecular weight is 286 g/mol. The van der Waals surface area contributed by atoms with Crippen molar-refractivity contribution in [1.29, 1.82) is 0 Å². The van der Waals surface area contributed by atoms with Crippen LogP contribution in [0.25, 0.3) is 11.0 Å². The summed E-state index contributed by atoms with van der Waals surface area (Å²) in [6.45, 7) is 1.89. The van der Waals surface area contributed by atoms with E-state index in [2.05, 4.69) is 25.9 Å². The third-order valence-electron chi connectivity index (χ3n) is 3.29. The van der Waals surface area contributed by atoms with Gasteiger partial charge in [0, 0.05) is 25.3 Å². The summed E-state index contributed by atoms with van der Waals surface area (Å²) in [6, 6.07) is 1.82. The number of rotatable bonds is 2. The molecule has 2 N–H and O–H groups in total. The Morgan fingerprint density at radius 1 is 1.43 bits per heavy atom. The van der Waals surface area contributed by atoms with Crippen molar-refractivity contribution in [2.24, 2.45) is 12.1 Å². The fourth-order valence-corrected chi connectivity index (χ4v) is 2.22. The second-order valence-electron chi connectivity index (χ2n) is 4.85. The van der Waals surface area contributed by atoms with Gasteiger partial charge in [-0.1, -0.05) is 0 Å². The first-order valence-electron chi connectivity index (χ1n) is 6.50. The number of nitrogens with one attached hydrogen (secondary N) is 2. The number of hydrogen-bond acceptors (Lipinski definition) is 5. The molecule has 21 heavy (non-hydrogen) atoms. The number of aryl methyl sites for hydroxylation is 2. The van der Waals surface area contributed by atoms with Crippen LogP contribution in [0.15, 0.2) is 17.4 Å². The molecule has 0 unspecified atom stereocenters. The summed E-state index contributed by atoms with van der Waals surface area (Å²) >= 11 is 0. The van der Waals surface area contributed by atoms with E-state index in [4.69, 9.17) is 0 Å². The number of nitrogens with zero attached hydrogens (tertiary/aromatic N) is 4. The molecule has 8 heteroatoms. The number of anilines is 1. The number of amides is 2. The lowest BCUT2D eigenvalue weighted by molar-refractivity contribution is -0.121. The summed E-state index contributed by atoms with van der Waals surface area (Å²) in [5, 5.41) is 11.7. The molecule has 0 aromatic carbocycles. The van der Waals surface area contributed by atoms with Crippen molar-refractivity contribution in [2.45, 2.75) is 19.8 Å². The summed E-state index contributed by atoms with van der Waals surface area (Å²) in [5.74, 6) is -0.515. The molecule has 0 aliphatic carbocycles. The number of hydrazone groups is 1. The summed E-state index contributed by atoms with van der Waals surface area (Å²) in [5.41, 5.74) is 4.78. The zero-order chi connectivity index (χ0) is 15.0. The fourth-order valence-electron chi connectivity index (χ4n) is 2.22. The molecule has 0 atom stereocenters. The van der Waals surface area contributed by atoms with Gasteiger partial charge in [-0.25, -0.2) is 10.4 Å². The molecule has 2 aromatic rings. The molecular weight excluding hydrogens is 272 g/mol. The Hall–Kier alpha value is -2.77. The molecule has 0 saturated carbocycles. The SMILES string of the molecule is Cc1nn(C)c2ncc(NC(=O)C3=NNC(=O)CC3)cc12. The molecule has 3 rings (SSSR count). The third kappa shape index (κ3) is 2.47. The highest BCUT2D eigenvalue weighted by molar-refractivity contribution is 6.43. The van der Waals surface area contributed by atoms with Crippen molar-refractivity contribution in [3.63, 3.8) is 0 Å². The zero-order valence-electron chi connectivity index (χ0n) is 11.7. The van der Waals surface area contributed by atoms with Crippen LogP contribution < -0.4 is 10.7 Å². The molecule has 2 amide bonds. The van der Waals surface area contributed by atoms with Crippen molar-refractivity contribution in [3.8, 4) is 0 Å². The van der Waals surface area contributed by atoms with E-state index in [0.717, 1.165) is 16.7 Å². The van der Waals surface area contributed by atoms with Gasteiger partial charge in [-0.3, -0.25) is 14.3 Å². The lowest BCUT2D eigenvalue weighted by Crippen LogP contribution is -2.32. The van der Waals surface area contributed by atoms with Crippen molar-refractivity contribution in [2.75, 3.05) is 5.32 Å². The average Bonchev–Trinajstić information content (AvgIpc) is 2.74. The van der Waals surface area contributed by atoms with Gasteiger partial charge in [-0.15, -0.1) is 0 Å². The number of aromatic nitrogens is 3. The van der Waals surface area contributed by atoms with Crippen LogP contribution in [0.1, 0.15) is 18.5 Å². The molecule has 0 saturated heterocycles. The number of hydrogen-bond donors (Lipinski definition) is 2. The van der Waals surface area contributed by atoms with Crippen LogP contribution >= 0.6 is 0 Å². The van der Waals surface area contributed by atoms with Crippen molar-refractivity contribution >= 4 is 34.2 Å². The molecule has 8 nitrogen and oxygen atoms in total. The topological polar surface area (TPSA) is 101 Å². The van der Waals surface area contributed by atoms with Gasteiger partial charge < -0.3 is 5.32 Å². The minimum atomic E-state index is -0.335. The highest BCUT2D eigenvalue weighted by Gasteiger charge is 2.18. The smallest absolute Gasteiger partial charge is 0.271 e. The number of pyridine rings is 1. The predicted octanol–water partition coefficient (Wildman–Crippen LogP) is 0.481. The van der Waals surface area contributed by atoms with E-state index < -0.39 is 0 Å². The maximum Gasteiger partial charge on any atom is 0.271 e. The van der Waals surface area contributed by atoms with Gasteiger partial charge in [0.25, 0.3) is 5.91 Å². The van der Waals surface area contributed by atoms with Gasteiger partial charge in [0.2, 0.25) is 5.91 Å². The van der Waals surface area contributed by atoms with Crippen molar-refractivity contribution in [1.82, 2.24) is 20.2 Å². The summed E-state index contributed by atoms with van der Waals surface area (Å²) < 4.78 is 1.69. The molecule has 0 fully saturated rings. The minimum absolute atomic E-state index is 0.180. The highest BCUT2D eigenvalue weighted by atomic mass is 16.2. The van der Waals surface area contributed by atoms with Gasteiger partial charge in [-0.05, 0) is 13.0 Å². The highest BCUT2D eigenvalue weighted by Crippen LogP contribution is 2.19. The Morgan fingerprint density at radius 3 is 2.95 bits per heavy atom. The first-order chi connectivity index (χ1) is 10.0. The Kier molecular flexibility index (Phi) is 3.13. The maximum absolute atomic E-state index is 12.1. The molecule has 2 aromatic heterocycles. The van der Waals surface area contributed by atoms with Crippen LogP contribution in [0, 0.1) is 6.92 Å². The molecule has 1 aliphatic rings. The monoisotopic (exact) mass is 286 g/mol. The van der Waals surface area contributed by atoms with Gasteiger partial charge in [0.1, 0.15) is 5.71 Å². The normalized spacial score (nSPS) is 14.8. The van der Waals surface area contributed by atoms with E-state index in [1.165, 1.54) is 0 Å². The number of carbonyl (C=O) groups is 2. The Bertz CT molecular complexity index is 776. The van der Waals surface area contributed by atoms with E-state index in [0.29, 0.717) is 17.8 Å². The summed E-state index contributed by atoms with van der Waals surface area (Å²) in [6.07, 6.45) is 2.17. The second-order valence-corrected chi connectivity index (χ2v) is 4.85. The fraction of sp³-hybridized carbons (Fsp3) is 0.308. The van der Waals surface area contributed by atoms with Crippen molar-refractivity contribution < 1.29 is 9.59 Å². The van der Waals surface area contributed by atoms with Gasteiger partial charge in [0.15, 0.2) is 5.65 Å². The Labute approximate surface area is 120 Å². The van der Waals surface area contributed by atoms with E-state index in [1.54, 1.807) is 10.9 Å². The Morgan fingerprint density at radius 2 is 2.24 bits per heavy atom. The van der Waals surface area contributed by atoms with Crippen molar-refractivity contribution in [3.05, 3.63) is 18.0 Å². The van der Waals surface area contributed by atoms with E-state index in [9.17, 15) is 9.59 Å². The van der Waals surface area contributed by atoms with Crippen LogP contribution in [0.4, 0.5) is 5.69 Å². The first-order valence-corrected chi connectivity index (χ1v) is 6.50. The third-order valence-corrected chi connectivity index (χ3v) is 3.29. The van der Waals surface area contributed by atoms with Crippen LogP contribution in [-0.2, 0) is 16.6 Å². The molecule has 108 valence electrons. The van der Waals surface area contributed by atoms with Crippen LogP contribution in [0.3, 0.4) is 0 Å². The van der Waals surface area contributed by atoms with Gasteiger partial charge >= 0.3 is 0 Å². The van der Waals surface area contributed by atoms with Gasteiger partial charge in [0.05, 0.1) is 17.6 Å². The molecule has 0 radical (unpaired) electrons. The van der Waals surface area contributed by atoms with E-state index in [-0.39, 0.29) is 18.2 Å². The van der Waals surface area contributed by atoms with Gasteiger partial charge in [-0.2, -0.15) is 10.2 Å². The predicted molar refractivity (Wildman–Crippen MR) is 76.7 cm³/mol. The first kappa shape index (κ1) is 13.2. The standard InChI is InChI=1S/C13H14N6O2/c1-7-9-5-8(6-14-12(9)19(2)18-7)15-13(21)10-3-4-11(20)17-16-10/h5-6H,3-4H2,1-2H3,(H,15,21)(H,17,20). The molecule has 1 aliphatic heterocycles. The van der Waals surface area contributed by atoms with Crippen LogP contribution in [0.2, 0.25) is 0 Å². The Balaban J connectivity index is 1.83. The number of fused-ring (bicyclic) bond motifs is 1. The lowest BCUT2D eigenvalue weighted by Gasteiger charge is -2.11. The van der Waals surface area contributed by atoms with E-state index in [1.807, 2.05) is 20.0 Å². The lowest BCUT2D eigenvalue weighted by atomic mass is 10.1. The van der Waals surface area contributed by atoms with Crippen LogP contribution in [0.5, 0.6) is 0 Å².